The number of hydrogen-bond acceptors (Lipinski definition) is 3. The number of aromatic nitrogens is 2. The highest BCUT2D eigenvalue weighted by atomic mass is 32.1. The Morgan fingerprint density at radius 3 is 2.55 bits per heavy atom. The van der Waals surface area contributed by atoms with Gasteiger partial charge >= 0.3 is 0 Å². The molecule has 0 saturated carbocycles. The van der Waals surface area contributed by atoms with Crippen LogP contribution in [0, 0.1) is 0 Å². The van der Waals surface area contributed by atoms with Gasteiger partial charge < -0.3 is 0 Å². The van der Waals surface area contributed by atoms with E-state index in [-0.39, 0.29) is 0 Å². The zero-order valence-corrected chi connectivity index (χ0v) is 6.58. The van der Waals surface area contributed by atoms with Crippen LogP contribution in [0.15, 0.2) is 35.8 Å². The molecule has 0 N–H and O–H groups in total. The van der Waals surface area contributed by atoms with Crippen LogP contribution in [-0.2, 0) is 0 Å². The molecule has 0 aliphatic rings. The number of nitrogens with zero attached hydrogens (tertiary/aromatic N) is 2. The normalized spacial score (nSPS) is 9.82. The van der Waals surface area contributed by atoms with Crippen molar-refractivity contribution in [2.45, 2.75) is 0 Å². The average molecular weight is 162 g/mol. The van der Waals surface area contributed by atoms with Crippen molar-refractivity contribution in [3.63, 3.8) is 0 Å². The lowest BCUT2D eigenvalue weighted by Crippen LogP contribution is -1.76. The molecule has 2 aromatic rings. The quantitative estimate of drug-likeness (QED) is 0.642. The van der Waals surface area contributed by atoms with Crippen LogP contribution in [-0.4, -0.2) is 9.36 Å². The van der Waals surface area contributed by atoms with Crippen molar-refractivity contribution in [2.24, 2.45) is 0 Å². The Morgan fingerprint density at radius 1 is 1.09 bits per heavy atom. The highest BCUT2D eigenvalue weighted by molar-refractivity contribution is 7.03. The van der Waals surface area contributed by atoms with Gasteiger partial charge in [-0.3, -0.25) is 0 Å². The van der Waals surface area contributed by atoms with Crippen molar-refractivity contribution in [3.8, 4) is 11.4 Å². The minimum atomic E-state index is 0.815. The molecule has 0 spiro atoms. The van der Waals surface area contributed by atoms with Crippen LogP contribution < -0.4 is 0 Å². The van der Waals surface area contributed by atoms with Crippen molar-refractivity contribution in [3.05, 3.63) is 35.8 Å². The van der Waals surface area contributed by atoms with Gasteiger partial charge in [0, 0.05) is 5.56 Å². The first-order chi connectivity index (χ1) is 5.47. The molecule has 1 aromatic heterocycles. The van der Waals surface area contributed by atoms with Gasteiger partial charge in [0.2, 0.25) is 0 Å². The molecule has 11 heavy (non-hydrogen) atoms. The molecule has 0 amide bonds. The SMILES string of the molecule is c1ccc(-c2ncsn2)cc1. The van der Waals surface area contributed by atoms with E-state index in [1.165, 1.54) is 11.5 Å². The van der Waals surface area contributed by atoms with E-state index in [1.54, 1.807) is 5.51 Å². The van der Waals surface area contributed by atoms with Gasteiger partial charge in [-0.25, -0.2) is 4.98 Å². The van der Waals surface area contributed by atoms with Crippen LogP contribution in [0.25, 0.3) is 11.4 Å². The molecular weight excluding hydrogens is 156 g/mol. The molecule has 0 atom stereocenters. The predicted molar refractivity (Wildman–Crippen MR) is 45.3 cm³/mol. The second-order valence-electron chi connectivity index (χ2n) is 2.12. The first kappa shape index (κ1) is 6.49. The van der Waals surface area contributed by atoms with Gasteiger partial charge in [-0.1, -0.05) is 30.3 Å². The highest BCUT2D eigenvalue weighted by Crippen LogP contribution is 2.13. The van der Waals surface area contributed by atoms with Crippen molar-refractivity contribution in [1.29, 1.82) is 0 Å². The van der Waals surface area contributed by atoms with E-state index in [1.807, 2.05) is 30.3 Å². The Bertz CT molecular complexity index is 315. The van der Waals surface area contributed by atoms with E-state index in [9.17, 15) is 0 Å². The molecule has 1 aromatic carbocycles. The number of rotatable bonds is 1. The number of benzene rings is 1. The van der Waals surface area contributed by atoms with Crippen molar-refractivity contribution in [1.82, 2.24) is 9.36 Å². The van der Waals surface area contributed by atoms with Gasteiger partial charge in [-0.15, -0.1) is 0 Å². The fourth-order valence-electron chi connectivity index (χ4n) is 0.885. The summed E-state index contributed by atoms with van der Waals surface area (Å²) < 4.78 is 4.12. The van der Waals surface area contributed by atoms with Crippen molar-refractivity contribution in [2.75, 3.05) is 0 Å². The van der Waals surface area contributed by atoms with E-state index in [0.29, 0.717) is 0 Å². The first-order valence-electron chi connectivity index (χ1n) is 3.28. The summed E-state index contributed by atoms with van der Waals surface area (Å²) in [6.07, 6.45) is 0. The molecule has 1 heterocycles. The van der Waals surface area contributed by atoms with Gasteiger partial charge in [0.15, 0.2) is 5.82 Å². The summed E-state index contributed by atoms with van der Waals surface area (Å²) in [5, 5.41) is 0. The summed E-state index contributed by atoms with van der Waals surface area (Å²) >= 11 is 1.37. The monoisotopic (exact) mass is 162 g/mol. The maximum absolute atomic E-state index is 4.12. The topological polar surface area (TPSA) is 25.8 Å². The summed E-state index contributed by atoms with van der Waals surface area (Å²) in [6.45, 7) is 0. The molecule has 0 aliphatic heterocycles. The minimum Gasteiger partial charge on any atom is -0.223 e. The van der Waals surface area contributed by atoms with E-state index in [0.717, 1.165) is 11.4 Å². The molecule has 0 saturated heterocycles. The van der Waals surface area contributed by atoms with Crippen molar-refractivity contribution < 1.29 is 0 Å². The molecule has 0 unspecified atom stereocenters. The third kappa shape index (κ3) is 1.28. The summed E-state index contributed by atoms with van der Waals surface area (Å²) in [5.41, 5.74) is 2.82. The van der Waals surface area contributed by atoms with Gasteiger partial charge in [-0.2, -0.15) is 4.37 Å². The van der Waals surface area contributed by atoms with Crippen LogP contribution in [0.3, 0.4) is 0 Å². The molecular formula is C8H6N2S. The van der Waals surface area contributed by atoms with Gasteiger partial charge in [0.1, 0.15) is 5.51 Å². The zero-order chi connectivity index (χ0) is 7.52. The minimum absolute atomic E-state index is 0.815. The average Bonchev–Trinajstić information content (AvgIpc) is 2.58. The largest absolute Gasteiger partial charge is 0.223 e. The molecule has 54 valence electrons. The second kappa shape index (κ2) is 2.80. The Kier molecular flexibility index (Phi) is 1.65. The smallest absolute Gasteiger partial charge is 0.172 e. The van der Waals surface area contributed by atoms with E-state index >= 15 is 0 Å². The predicted octanol–water partition coefficient (Wildman–Crippen LogP) is 2.21. The second-order valence-corrected chi connectivity index (χ2v) is 2.73. The van der Waals surface area contributed by atoms with E-state index in [4.69, 9.17) is 0 Å². The molecule has 3 heteroatoms. The third-order valence-corrected chi connectivity index (χ3v) is 1.87. The molecule has 0 radical (unpaired) electrons. The Hall–Kier alpha value is -1.22. The summed E-state index contributed by atoms with van der Waals surface area (Å²) in [4.78, 5) is 4.09. The lowest BCUT2D eigenvalue weighted by molar-refractivity contribution is 1.33. The van der Waals surface area contributed by atoms with E-state index < -0.39 is 0 Å². The molecule has 0 fully saturated rings. The third-order valence-electron chi connectivity index (χ3n) is 1.39. The zero-order valence-electron chi connectivity index (χ0n) is 5.77. The Morgan fingerprint density at radius 2 is 1.91 bits per heavy atom. The lowest BCUT2D eigenvalue weighted by atomic mass is 10.2. The van der Waals surface area contributed by atoms with Crippen LogP contribution in [0.2, 0.25) is 0 Å². The van der Waals surface area contributed by atoms with Crippen LogP contribution >= 0.6 is 11.5 Å². The fraction of sp³-hybridized carbons (Fsp3) is 0. The standard InChI is InChI=1S/C8H6N2S/c1-2-4-7(5-3-1)8-9-6-11-10-8/h1-6H. The van der Waals surface area contributed by atoms with Gasteiger partial charge in [-0.05, 0) is 11.5 Å². The molecule has 0 aliphatic carbocycles. The maximum atomic E-state index is 4.12. The molecule has 2 rings (SSSR count). The Balaban J connectivity index is 2.46. The van der Waals surface area contributed by atoms with Gasteiger partial charge in [0.05, 0.1) is 0 Å². The summed E-state index contributed by atoms with van der Waals surface area (Å²) in [5.74, 6) is 0.815. The Labute approximate surface area is 68.7 Å². The molecule has 2 nitrogen and oxygen atoms in total. The van der Waals surface area contributed by atoms with Crippen molar-refractivity contribution >= 4 is 11.5 Å². The van der Waals surface area contributed by atoms with E-state index in [2.05, 4.69) is 9.36 Å². The van der Waals surface area contributed by atoms with Gasteiger partial charge in [0.25, 0.3) is 0 Å². The fourth-order valence-corrected chi connectivity index (χ4v) is 1.33. The number of hydrogen-bond donors (Lipinski definition) is 0. The van der Waals surface area contributed by atoms with Crippen LogP contribution in [0.4, 0.5) is 0 Å². The van der Waals surface area contributed by atoms with Crippen LogP contribution in [0.1, 0.15) is 0 Å². The summed E-state index contributed by atoms with van der Waals surface area (Å²) in [7, 11) is 0. The highest BCUT2D eigenvalue weighted by Gasteiger charge is 1.97. The van der Waals surface area contributed by atoms with Crippen LogP contribution in [0.5, 0.6) is 0 Å². The lowest BCUT2D eigenvalue weighted by Gasteiger charge is -1.90. The molecule has 0 bridgehead atoms. The summed E-state index contributed by atoms with van der Waals surface area (Å²) in [6, 6.07) is 9.95. The maximum Gasteiger partial charge on any atom is 0.172 e. The first-order valence-corrected chi connectivity index (χ1v) is 4.12.